The van der Waals surface area contributed by atoms with E-state index in [0.717, 1.165) is 12.1 Å². The van der Waals surface area contributed by atoms with Crippen LogP contribution in [-0.4, -0.2) is 25.0 Å². The summed E-state index contributed by atoms with van der Waals surface area (Å²) < 4.78 is 33.9. The number of nitrogens with two attached hydrogens (primary N) is 2. The maximum absolute atomic E-state index is 14.5. The monoisotopic (exact) mass is 381 g/mol. The summed E-state index contributed by atoms with van der Waals surface area (Å²) in [6, 6.07) is 3.60. The Morgan fingerprint density at radius 2 is 1.88 bits per heavy atom. The van der Waals surface area contributed by atoms with Gasteiger partial charge in [-0.25, -0.2) is 13.8 Å². The van der Waals surface area contributed by atoms with E-state index in [9.17, 15) is 8.78 Å². The Labute approximate surface area is 154 Å². The predicted octanol–water partition coefficient (Wildman–Crippen LogP) is 3.43. The average Bonchev–Trinajstić information content (AvgIpc) is 2.57. The number of pyridine rings is 1. The van der Waals surface area contributed by atoms with E-state index < -0.39 is 11.6 Å². The molecule has 2 aromatic rings. The van der Waals surface area contributed by atoms with Crippen LogP contribution >= 0.6 is 11.6 Å². The van der Waals surface area contributed by atoms with E-state index in [0.29, 0.717) is 5.02 Å². The maximum atomic E-state index is 14.5. The molecule has 5 N–H and O–H groups in total. The number of halogens is 3. The fourth-order valence-corrected chi connectivity index (χ4v) is 2.48. The number of aromatic nitrogens is 1. The first kappa shape index (κ1) is 19.5. The zero-order chi connectivity index (χ0) is 19.4. The lowest BCUT2D eigenvalue weighted by Gasteiger charge is -2.17. The summed E-state index contributed by atoms with van der Waals surface area (Å²) in [5, 5.41) is 3.19. The van der Waals surface area contributed by atoms with E-state index in [1.165, 1.54) is 33.3 Å². The molecule has 1 aromatic carbocycles. The summed E-state index contributed by atoms with van der Waals surface area (Å²) in [7, 11) is 2.75. The fraction of sp³-hybridized carbons (Fsp3) is 0.176. The molecule has 0 aliphatic heterocycles. The van der Waals surface area contributed by atoms with Crippen molar-refractivity contribution < 1.29 is 13.5 Å². The van der Waals surface area contributed by atoms with Crippen molar-refractivity contribution >= 4 is 34.5 Å². The van der Waals surface area contributed by atoms with Crippen LogP contribution in [0.3, 0.4) is 0 Å². The summed E-state index contributed by atoms with van der Waals surface area (Å²) in [5.41, 5.74) is 11.8. The molecule has 0 amide bonds. The minimum atomic E-state index is -0.846. The van der Waals surface area contributed by atoms with Crippen molar-refractivity contribution in [3.05, 3.63) is 52.3 Å². The molecule has 0 spiro atoms. The number of nitrogen functional groups attached to an aromatic ring is 1. The van der Waals surface area contributed by atoms with E-state index in [4.69, 9.17) is 27.8 Å². The molecule has 0 radical (unpaired) electrons. The van der Waals surface area contributed by atoms with E-state index in [2.05, 4.69) is 15.3 Å². The first-order valence-corrected chi connectivity index (χ1v) is 7.81. The van der Waals surface area contributed by atoms with Crippen LogP contribution in [0.25, 0.3) is 5.57 Å². The van der Waals surface area contributed by atoms with Gasteiger partial charge in [0.1, 0.15) is 23.2 Å². The molecule has 26 heavy (non-hydrogen) atoms. The minimum absolute atomic E-state index is 0.0429. The molecular formula is C17H18ClF2N5O. The van der Waals surface area contributed by atoms with Crippen LogP contribution in [0.2, 0.25) is 5.02 Å². The van der Waals surface area contributed by atoms with Crippen LogP contribution in [0, 0.1) is 11.6 Å². The number of rotatable bonds is 4. The molecule has 0 aliphatic carbocycles. The smallest absolute Gasteiger partial charge is 0.154 e. The SMILES string of the molecule is CN=C(Nc1ncc(Cl)cc1N)C(=C(C)N)c1c(F)cc(OC)cc1F. The Bertz CT molecular complexity index is 872. The summed E-state index contributed by atoms with van der Waals surface area (Å²) >= 11 is 5.83. The van der Waals surface area contributed by atoms with Crippen LogP contribution in [0.4, 0.5) is 20.3 Å². The van der Waals surface area contributed by atoms with Crippen molar-refractivity contribution in [3.63, 3.8) is 0 Å². The number of nitrogens with zero attached hydrogens (tertiary/aromatic N) is 2. The number of benzene rings is 1. The lowest BCUT2D eigenvalue weighted by atomic mass is 10.0. The standard InChI is InChI=1S/C17H18ClF2N5O/c1-8(21)14(15-11(19)5-10(26-3)6-12(15)20)17(23-2)25-16-13(22)4-9(18)7-24-16/h4-7H,21-22H2,1-3H3,(H,23,24,25). The number of hydrogen-bond acceptors (Lipinski definition) is 5. The summed E-state index contributed by atoms with van der Waals surface area (Å²) in [6.07, 6.45) is 1.38. The second kappa shape index (κ2) is 8.01. The largest absolute Gasteiger partial charge is 0.497 e. The molecule has 0 aliphatic rings. The Balaban J connectivity index is 2.55. The van der Waals surface area contributed by atoms with Gasteiger partial charge < -0.3 is 21.5 Å². The normalized spacial score (nSPS) is 12.6. The van der Waals surface area contributed by atoms with Gasteiger partial charge in [0.15, 0.2) is 5.82 Å². The molecule has 0 bridgehead atoms. The first-order chi connectivity index (χ1) is 12.3. The molecular weight excluding hydrogens is 364 g/mol. The third-order valence-electron chi connectivity index (χ3n) is 3.48. The van der Waals surface area contributed by atoms with E-state index in [1.807, 2.05) is 0 Å². The number of nitrogens with one attached hydrogen (secondary N) is 1. The van der Waals surface area contributed by atoms with Crippen molar-refractivity contribution in [1.29, 1.82) is 0 Å². The highest BCUT2D eigenvalue weighted by atomic mass is 35.5. The van der Waals surface area contributed by atoms with Gasteiger partial charge in [-0.2, -0.15) is 0 Å². The Morgan fingerprint density at radius 3 is 2.35 bits per heavy atom. The van der Waals surface area contributed by atoms with Crippen molar-refractivity contribution in [2.45, 2.75) is 6.92 Å². The molecule has 0 saturated heterocycles. The topological polar surface area (TPSA) is 98.5 Å². The number of hydrogen-bond donors (Lipinski definition) is 3. The van der Waals surface area contributed by atoms with Gasteiger partial charge >= 0.3 is 0 Å². The molecule has 1 heterocycles. The zero-order valence-electron chi connectivity index (χ0n) is 14.4. The van der Waals surface area contributed by atoms with Crippen LogP contribution in [0.15, 0.2) is 35.1 Å². The highest BCUT2D eigenvalue weighted by molar-refractivity contribution is 6.31. The molecule has 9 heteroatoms. The van der Waals surface area contributed by atoms with Gasteiger partial charge in [-0.1, -0.05) is 11.6 Å². The van der Waals surface area contributed by atoms with Crippen LogP contribution in [0.5, 0.6) is 5.75 Å². The van der Waals surface area contributed by atoms with Gasteiger partial charge in [0, 0.05) is 36.6 Å². The van der Waals surface area contributed by atoms with Gasteiger partial charge in [0.25, 0.3) is 0 Å². The Hall–Kier alpha value is -2.87. The predicted molar refractivity (Wildman–Crippen MR) is 100 cm³/mol. The minimum Gasteiger partial charge on any atom is -0.497 e. The third kappa shape index (κ3) is 4.02. The van der Waals surface area contributed by atoms with Gasteiger partial charge in [-0.05, 0) is 13.0 Å². The van der Waals surface area contributed by atoms with Gasteiger partial charge in [0.05, 0.1) is 23.4 Å². The Kier molecular flexibility index (Phi) is 5.99. The van der Waals surface area contributed by atoms with Gasteiger partial charge in [0.2, 0.25) is 0 Å². The number of ether oxygens (including phenoxy) is 1. The highest BCUT2D eigenvalue weighted by Crippen LogP contribution is 2.30. The molecule has 1 aromatic heterocycles. The molecule has 0 unspecified atom stereocenters. The quantitative estimate of drug-likeness (QED) is 0.556. The molecule has 2 rings (SSSR count). The third-order valence-corrected chi connectivity index (χ3v) is 3.68. The molecule has 6 nitrogen and oxygen atoms in total. The number of amidine groups is 1. The van der Waals surface area contributed by atoms with E-state index >= 15 is 0 Å². The first-order valence-electron chi connectivity index (χ1n) is 7.43. The molecule has 0 saturated carbocycles. The number of aliphatic imine (C=N–C) groups is 1. The highest BCUT2D eigenvalue weighted by Gasteiger charge is 2.22. The summed E-state index contributed by atoms with van der Waals surface area (Å²) in [6.45, 7) is 1.50. The fourth-order valence-electron chi connectivity index (χ4n) is 2.31. The van der Waals surface area contributed by atoms with Crippen LogP contribution in [0.1, 0.15) is 12.5 Å². The number of allylic oxidation sites excluding steroid dienone is 1. The van der Waals surface area contributed by atoms with E-state index in [1.54, 1.807) is 0 Å². The lowest BCUT2D eigenvalue weighted by Crippen LogP contribution is -2.20. The van der Waals surface area contributed by atoms with Crippen LogP contribution < -0.4 is 21.5 Å². The Morgan fingerprint density at radius 1 is 1.27 bits per heavy atom. The molecule has 0 fully saturated rings. The van der Waals surface area contributed by atoms with Gasteiger partial charge in [-0.15, -0.1) is 0 Å². The summed E-state index contributed by atoms with van der Waals surface area (Å²) in [5.74, 6) is -1.33. The molecule has 0 atom stereocenters. The molecule has 138 valence electrons. The van der Waals surface area contributed by atoms with E-state index in [-0.39, 0.29) is 39.9 Å². The van der Waals surface area contributed by atoms with Gasteiger partial charge in [-0.3, -0.25) is 4.99 Å². The van der Waals surface area contributed by atoms with Crippen LogP contribution in [-0.2, 0) is 0 Å². The number of anilines is 2. The summed E-state index contributed by atoms with van der Waals surface area (Å²) in [4.78, 5) is 8.10. The second-order valence-electron chi connectivity index (χ2n) is 5.31. The average molecular weight is 382 g/mol. The van der Waals surface area contributed by atoms with Crippen molar-refractivity contribution in [2.24, 2.45) is 10.7 Å². The maximum Gasteiger partial charge on any atom is 0.154 e. The number of methoxy groups -OCH3 is 1. The lowest BCUT2D eigenvalue weighted by molar-refractivity contribution is 0.406. The zero-order valence-corrected chi connectivity index (χ0v) is 15.2. The second-order valence-corrected chi connectivity index (χ2v) is 5.75. The van der Waals surface area contributed by atoms with Crippen molar-refractivity contribution in [2.75, 3.05) is 25.2 Å². The van der Waals surface area contributed by atoms with Crippen molar-refractivity contribution in [3.8, 4) is 5.75 Å². The van der Waals surface area contributed by atoms with Crippen molar-refractivity contribution in [1.82, 2.24) is 4.98 Å².